The first-order valence-electron chi connectivity index (χ1n) is 42.7. The molecule has 630 valence electrons. The van der Waals surface area contributed by atoms with Crippen molar-refractivity contribution in [3.63, 3.8) is 0 Å². The highest BCUT2D eigenvalue weighted by Crippen LogP contribution is 2.45. The van der Waals surface area contributed by atoms with Gasteiger partial charge in [-0.25, -0.2) is 9.13 Å². The number of allylic oxidation sites excluding steroid dienone is 32. The Bertz CT molecular complexity index is 2800. The van der Waals surface area contributed by atoms with E-state index in [1.807, 2.05) is 0 Å². The van der Waals surface area contributed by atoms with Crippen molar-refractivity contribution in [3.8, 4) is 0 Å². The smallest absolute Gasteiger partial charge is 0.463 e. The van der Waals surface area contributed by atoms with E-state index in [2.05, 4.69) is 215 Å². The average molecular weight is 1590 g/mol. The van der Waals surface area contributed by atoms with E-state index >= 15 is 0 Å². The van der Waals surface area contributed by atoms with Crippen molar-refractivity contribution >= 4 is 33.6 Å². The zero-order valence-corrected chi connectivity index (χ0v) is 70.8. The Morgan fingerprint density at radius 2 is 0.477 bits per heavy atom. The Morgan fingerprint density at radius 1 is 0.261 bits per heavy atom. The molecule has 18 heteroatoms. The molecule has 0 aliphatic heterocycles. The van der Waals surface area contributed by atoms with Crippen molar-refractivity contribution in [2.75, 3.05) is 39.6 Å². The Balaban J connectivity index is 4.71. The number of phosphoric acid groups is 2. The lowest BCUT2D eigenvalue weighted by Gasteiger charge is -2.21. The van der Waals surface area contributed by atoms with Gasteiger partial charge < -0.3 is 34.2 Å². The third-order valence-corrected chi connectivity index (χ3v) is 19.2. The van der Waals surface area contributed by atoms with Gasteiger partial charge in [-0.15, -0.1) is 0 Å². The van der Waals surface area contributed by atoms with Gasteiger partial charge >= 0.3 is 33.6 Å². The molecule has 0 aliphatic rings. The van der Waals surface area contributed by atoms with Crippen LogP contribution in [0.15, 0.2) is 194 Å². The quantitative estimate of drug-likeness (QED) is 0.0146. The maximum absolute atomic E-state index is 13.0. The van der Waals surface area contributed by atoms with Gasteiger partial charge in [0.1, 0.15) is 25.4 Å². The molecular formula is C93H152O16P2. The molecule has 0 aromatic heterocycles. The minimum atomic E-state index is -4.96. The summed E-state index contributed by atoms with van der Waals surface area (Å²) in [5, 5.41) is 20.7. The lowest BCUT2D eigenvalue weighted by molar-refractivity contribution is -0.161. The fraction of sp³-hybridized carbons (Fsp3) is 0.624. The molecule has 0 bridgehead atoms. The Hall–Kier alpha value is -5.61. The lowest BCUT2D eigenvalue weighted by Crippen LogP contribution is -2.30. The van der Waals surface area contributed by atoms with Crippen molar-refractivity contribution in [2.45, 2.75) is 334 Å². The summed E-state index contributed by atoms with van der Waals surface area (Å²) in [6, 6.07) is 0. The molecule has 5 atom stereocenters. The second-order valence-electron chi connectivity index (χ2n) is 27.9. The summed E-state index contributed by atoms with van der Waals surface area (Å²) < 4.78 is 61.3. The highest BCUT2D eigenvalue weighted by Gasteiger charge is 2.29. The Labute approximate surface area is 674 Å². The average Bonchev–Trinajstić information content (AvgIpc) is 0.899. The van der Waals surface area contributed by atoms with Gasteiger partial charge in [0.05, 0.1) is 26.4 Å². The summed E-state index contributed by atoms with van der Waals surface area (Å²) in [6.07, 6.45) is 110. The van der Waals surface area contributed by atoms with Gasteiger partial charge in [-0.3, -0.25) is 32.5 Å². The molecule has 0 fully saturated rings. The summed E-state index contributed by atoms with van der Waals surface area (Å²) in [4.78, 5) is 58.9. The molecule has 0 radical (unpaired) electrons. The number of carbonyl (C=O) groups is 3. The third kappa shape index (κ3) is 85.1. The molecule has 0 spiro atoms. The van der Waals surface area contributed by atoms with Gasteiger partial charge in [0.15, 0.2) is 6.10 Å². The van der Waals surface area contributed by atoms with Gasteiger partial charge in [0.25, 0.3) is 0 Å². The van der Waals surface area contributed by atoms with E-state index in [1.54, 1.807) is 0 Å². The van der Waals surface area contributed by atoms with Crippen molar-refractivity contribution in [3.05, 3.63) is 194 Å². The zero-order valence-electron chi connectivity index (χ0n) is 69.1. The van der Waals surface area contributed by atoms with Crippen LogP contribution in [0.25, 0.3) is 0 Å². The fourth-order valence-corrected chi connectivity index (χ4v) is 12.4. The van der Waals surface area contributed by atoms with Crippen LogP contribution in [-0.2, 0) is 55.8 Å². The number of carbonyl (C=O) groups excluding carboxylic acids is 3. The minimum Gasteiger partial charge on any atom is -0.463 e. The molecule has 0 aromatic carbocycles. The number of phosphoric ester groups is 2. The number of esters is 3. The molecule has 0 saturated carbocycles. The van der Waals surface area contributed by atoms with E-state index in [4.69, 9.17) is 32.3 Å². The lowest BCUT2D eigenvalue weighted by atomic mass is 10.0. The van der Waals surface area contributed by atoms with E-state index in [-0.39, 0.29) is 19.3 Å². The van der Waals surface area contributed by atoms with Crippen LogP contribution >= 0.6 is 15.6 Å². The standard InChI is InChI=1S/C93H152O16P2/c1-4-7-10-13-16-19-22-25-28-31-34-37-40-41-42-43-44-45-48-50-52-55-58-61-64-67-70-73-76-79-91(96)103-82-88(94)83-105-110(99,100)106-84-89(95)85-107-111(101,102)108-87-90(109-93(98)81-78-75-72-69-66-63-60-57-54-51-47-39-36-33-30-27-24-21-18-15-12-9-6-3)86-104-92(97)80-77-74-71-68-65-62-59-56-53-49-46-38-35-32-29-26-23-20-17-14-11-8-5-2/h8-9,11-12,16-21,25-30,34-39,41-42,49,51,53-54,59-60,62-63,88-90,94-95H,4-7,10,13-15,22-24,31-33,40,43-48,50,52,55-58,61,64-87H2,1-3H3,(H,99,100)(H,101,102)/b11-8-,12-9-,19-16-,20-17-,21-18-,28-25-,29-26-,30-27-,37-34-,38-35-,39-36-,42-41-,53-49-,54-51-,62-59-,63-60-. The Morgan fingerprint density at radius 3 is 0.757 bits per heavy atom. The van der Waals surface area contributed by atoms with E-state index in [9.17, 15) is 43.5 Å². The minimum absolute atomic E-state index is 0.0600. The van der Waals surface area contributed by atoms with Crippen molar-refractivity contribution in [1.82, 2.24) is 0 Å². The largest absolute Gasteiger partial charge is 0.472 e. The number of unbranched alkanes of at least 4 members (excludes halogenated alkanes) is 24. The molecule has 0 amide bonds. The molecular weight excluding hydrogens is 1430 g/mol. The van der Waals surface area contributed by atoms with Crippen LogP contribution in [0.5, 0.6) is 0 Å². The second-order valence-corrected chi connectivity index (χ2v) is 30.8. The van der Waals surface area contributed by atoms with Crippen molar-refractivity contribution in [1.29, 1.82) is 0 Å². The summed E-state index contributed by atoms with van der Waals surface area (Å²) in [6.45, 7) is 2.36. The molecule has 4 N–H and O–H groups in total. The van der Waals surface area contributed by atoms with Crippen molar-refractivity contribution in [2.24, 2.45) is 0 Å². The Kier molecular flexibility index (Phi) is 79.6. The monoisotopic (exact) mass is 1590 g/mol. The molecule has 0 aliphatic carbocycles. The highest BCUT2D eigenvalue weighted by molar-refractivity contribution is 7.47. The van der Waals surface area contributed by atoms with Crippen LogP contribution in [0, 0.1) is 0 Å². The maximum Gasteiger partial charge on any atom is 0.472 e. The van der Waals surface area contributed by atoms with Crippen LogP contribution in [0.3, 0.4) is 0 Å². The number of ether oxygens (including phenoxy) is 3. The van der Waals surface area contributed by atoms with Crippen molar-refractivity contribution < 1.29 is 75.8 Å². The number of aliphatic hydroxyl groups is 2. The molecule has 16 nitrogen and oxygen atoms in total. The maximum atomic E-state index is 13.0. The van der Waals surface area contributed by atoms with E-state index < -0.39 is 91.5 Å². The van der Waals surface area contributed by atoms with Gasteiger partial charge in [0.2, 0.25) is 0 Å². The molecule has 0 heterocycles. The van der Waals surface area contributed by atoms with Crippen LogP contribution in [0.2, 0.25) is 0 Å². The van der Waals surface area contributed by atoms with E-state index in [0.29, 0.717) is 19.3 Å². The summed E-state index contributed by atoms with van der Waals surface area (Å²) in [7, 11) is -9.83. The third-order valence-electron chi connectivity index (χ3n) is 17.3. The SMILES string of the molecule is CC/C=C\C/C=C\C/C=C\C/C=C\C/C=C\C/C=C\CCCCCCC(=O)OCC(COP(=O)(O)OCC(O)COP(=O)(O)OCC(O)COC(=O)CCCCCCCCCCCCCCC/C=C\C/C=C\C/C=C\C/C=C\CCCCC)OC(=O)CCCCCC/C=C\C/C=C\C/C=C\C/C=C\C/C=C\C/C=C\CC. The number of aliphatic hydroxyl groups excluding tert-OH is 2. The first-order valence-corrected chi connectivity index (χ1v) is 45.7. The highest BCUT2D eigenvalue weighted by atomic mass is 31.2. The first-order chi connectivity index (χ1) is 54.2. The molecule has 0 rings (SSSR count). The van der Waals surface area contributed by atoms with Crippen LogP contribution in [0.4, 0.5) is 0 Å². The fourth-order valence-electron chi connectivity index (χ4n) is 10.9. The summed E-state index contributed by atoms with van der Waals surface area (Å²) in [5.41, 5.74) is 0. The predicted octanol–water partition coefficient (Wildman–Crippen LogP) is 25.9. The van der Waals surface area contributed by atoms with Crippen LogP contribution in [0.1, 0.15) is 316 Å². The first kappa shape index (κ1) is 105. The van der Waals surface area contributed by atoms with E-state index in [1.165, 1.54) is 83.5 Å². The predicted molar refractivity (Wildman–Crippen MR) is 463 cm³/mol. The molecule has 111 heavy (non-hydrogen) atoms. The molecule has 0 saturated heterocycles. The number of hydrogen-bond acceptors (Lipinski definition) is 14. The van der Waals surface area contributed by atoms with Crippen LogP contribution in [-0.4, -0.2) is 95.9 Å². The van der Waals surface area contributed by atoms with E-state index in [0.717, 1.165) is 173 Å². The van der Waals surface area contributed by atoms with Gasteiger partial charge in [-0.1, -0.05) is 324 Å². The van der Waals surface area contributed by atoms with Gasteiger partial charge in [-0.05, 0) is 167 Å². The van der Waals surface area contributed by atoms with Crippen LogP contribution < -0.4 is 0 Å². The van der Waals surface area contributed by atoms with Gasteiger partial charge in [-0.2, -0.15) is 0 Å². The summed E-state index contributed by atoms with van der Waals surface area (Å²) in [5.74, 6) is -1.64. The number of hydrogen-bond donors (Lipinski definition) is 4. The normalized spacial score (nSPS) is 14.8. The van der Waals surface area contributed by atoms with Gasteiger partial charge in [0, 0.05) is 19.3 Å². The molecule has 5 unspecified atom stereocenters. The summed E-state index contributed by atoms with van der Waals surface area (Å²) >= 11 is 0. The topological polar surface area (TPSA) is 231 Å². The molecule has 0 aromatic rings. The second kappa shape index (κ2) is 83.8. The number of rotatable bonds is 79. The zero-order chi connectivity index (χ0) is 80.8.